The van der Waals surface area contributed by atoms with Crippen LogP contribution in [0.3, 0.4) is 0 Å². The normalized spacial score (nSPS) is 10.7. The van der Waals surface area contributed by atoms with Gasteiger partial charge < -0.3 is 0 Å². The number of hydrogen-bond donors (Lipinski definition) is 0. The number of aromatic nitrogens is 3. The van der Waals surface area contributed by atoms with E-state index in [4.69, 9.17) is 0 Å². The van der Waals surface area contributed by atoms with Crippen LogP contribution in [0, 0.1) is 0 Å². The highest BCUT2D eigenvalue weighted by molar-refractivity contribution is 5.10. The molecule has 0 saturated heterocycles. The highest BCUT2D eigenvalue weighted by atomic mass is 15.4. The largest absolute Gasteiger partial charge is 0.249 e. The van der Waals surface area contributed by atoms with E-state index in [0.717, 1.165) is 25.8 Å². The lowest BCUT2D eigenvalue weighted by Crippen LogP contribution is -2.05. The van der Waals surface area contributed by atoms with Crippen molar-refractivity contribution in [2.45, 2.75) is 53.0 Å². The Hall–Kier alpha value is -0.860. The van der Waals surface area contributed by atoms with Crippen LogP contribution in [0.4, 0.5) is 0 Å². The molecule has 74 valence electrons. The Balaban J connectivity index is 2.85. The molecule has 13 heavy (non-hydrogen) atoms. The molecule has 1 aromatic rings. The molecule has 1 aromatic heterocycles. The molecule has 3 nitrogen and oxygen atoms in total. The molecule has 0 radical (unpaired) electrons. The van der Waals surface area contributed by atoms with Gasteiger partial charge in [-0.15, -0.1) is 5.10 Å². The maximum Gasteiger partial charge on any atom is 0.0856 e. The van der Waals surface area contributed by atoms with Crippen LogP contribution < -0.4 is 0 Å². The fourth-order valence-electron chi connectivity index (χ4n) is 1.55. The maximum absolute atomic E-state index is 4.18. The summed E-state index contributed by atoms with van der Waals surface area (Å²) in [6.45, 7) is 7.51. The lowest BCUT2D eigenvalue weighted by Gasteiger charge is -2.04. The van der Waals surface area contributed by atoms with E-state index in [9.17, 15) is 0 Å². The molecule has 0 aliphatic rings. The quantitative estimate of drug-likeness (QED) is 0.697. The Bertz CT molecular complexity index is 253. The fraction of sp³-hybridized carbons (Fsp3) is 0.800. The Morgan fingerprint density at radius 3 is 2.46 bits per heavy atom. The first kappa shape index (κ1) is 10.2. The van der Waals surface area contributed by atoms with Gasteiger partial charge >= 0.3 is 0 Å². The molecular weight excluding hydrogens is 162 g/mol. The minimum Gasteiger partial charge on any atom is -0.249 e. The van der Waals surface area contributed by atoms with Gasteiger partial charge in [-0.2, -0.15) is 0 Å². The van der Waals surface area contributed by atoms with E-state index in [1.165, 1.54) is 17.8 Å². The van der Waals surface area contributed by atoms with Crippen LogP contribution >= 0.6 is 0 Å². The summed E-state index contributed by atoms with van der Waals surface area (Å²) in [4.78, 5) is 0. The molecule has 1 heterocycles. The van der Waals surface area contributed by atoms with Crippen LogP contribution in [0.25, 0.3) is 0 Å². The second kappa shape index (κ2) is 5.00. The van der Waals surface area contributed by atoms with Crippen molar-refractivity contribution in [3.05, 3.63) is 11.4 Å². The van der Waals surface area contributed by atoms with Crippen LogP contribution in [-0.4, -0.2) is 15.0 Å². The van der Waals surface area contributed by atoms with E-state index in [1.807, 2.05) is 0 Å². The molecule has 0 aliphatic carbocycles. The number of rotatable bonds is 5. The SMILES string of the molecule is CCCc1c(CC)nnn1CCC. The van der Waals surface area contributed by atoms with Crippen molar-refractivity contribution in [2.75, 3.05) is 0 Å². The zero-order valence-corrected chi connectivity index (χ0v) is 8.88. The van der Waals surface area contributed by atoms with E-state index in [0.29, 0.717) is 0 Å². The number of hydrogen-bond acceptors (Lipinski definition) is 2. The molecule has 0 fully saturated rings. The summed E-state index contributed by atoms with van der Waals surface area (Å²) in [5.74, 6) is 0. The molecular formula is C10H19N3. The molecule has 0 saturated carbocycles. The van der Waals surface area contributed by atoms with Crippen molar-refractivity contribution < 1.29 is 0 Å². The van der Waals surface area contributed by atoms with Gasteiger partial charge in [-0.3, -0.25) is 0 Å². The average molecular weight is 181 g/mol. The van der Waals surface area contributed by atoms with Crippen molar-refractivity contribution in [2.24, 2.45) is 0 Å². The summed E-state index contributed by atoms with van der Waals surface area (Å²) >= 11 is 0. The van der Waals surface area contributed by atoms with E-state index >= 15 is 0 Å². The van der Waals surface area contributed by atoms with E-state index in [2.05, 4.69) is 35.8 Å². The van der Waals surface area contributed by atoms with Crippen molar-refractivity contribution in [3.8, 4) is 0 Å². The molecule has 0 unspecified atom stereocenters. The summed E-state index contributed by atoms with van der Waals surface area (Å²) in [6, 6.07) is 0. The molecule has 0 bridgehead atoms. The molecule has 0 aromatic carbocycles. The van der Waals surface area contributed by atoms with Crippen molar-refractivity contribution >= 4 is 0 Å². The van der Waals surface area contributed by atoms with Gasteiger partial charge in [0, 0.05) is 6.54 Å². The molecule has 1 rings (SSSR count). The molecule has 3 heteroatoms. The van der Waals surface area contributed by atoms with Crippen LogP contribution in [0.15, 0.2) is 0 Å². The van der Waals surface area contributed by atoms with Gasteiger partial charge in [0.05, 0.1) is 11.4 Å². The predicted octanol–water partition coefficient (Wildman–Crippen LogP) is 2.20. The van der Waals surface area contributed by atoms with Crippen LogP contribution in [0.2, 0.25) is 0 Å². The van der Waals surface area contributed by atoms with Crippen molar-refractivity contribution in [1.82, 2.24) is 15.0 Å². The minimum atomic E-state index is 0.999. The Kier molecular flexibility index (Phi) is 3.93. The second-order valence-electron chi connectivity index (χ2n) is 3.31. The maximum atomic E-state index is 4.18. The van der Waals surface area contributed by atoms with Crippen LogP contribution in [0.1, 0.15) is 45.0 Å². The molecule has 0 spiro atoms. The fourth-order valence-corrected chi connectivity index (χ4v) is 1.55. The Labute approximate surface area is 80.1 Å². The summed E-state index contributed by atoms with van der Waals surface area (Å²) < 4.78 is 2.06. The summed E-state index contributed by atoms with van der Waals surface area (Å²) in [5, 5.41) is 8.35. The Morgan fingerprint density at radius 2 is 1.92 bits per heavy atom. The summed E-state index contributed by atoms with van der Waals surface area (Å²) in [6.07, 6.45) is 4.41. The third-order valence-corrected chi connectivity index (χ3v) is 2.18. The lowest BCUT2D eigenvalue weighted by molar-refractivity contribution is 0.552. The van der Waals surface area contributed by atoms with Gasteiger partial charge in [-0.05, 0) is 19.3 Å². The zero-order chi connectivity index (χ0) is 9.68. The van der Waals surface area contributed by atoms with Crippen LogP contribution in [0.5, 0.6) is 0 Å². The van der Waals surface area contributed by atoms with E-state index < -0.39 is 0 Å². The monoisotopic (exact) mass is 181 g/mol. The summed E-state index contributed by atoms with van der Waals surface area (Å²) in [7, 11) is 0. The van der Waals surface area contributed by atoms with Gasteiger partial charge in [-0.25, -0.2) is 4.68 Å². The third-order valence-electron chi connectivity index (χ3n) is 2.18. The van der Waals surface area contributed by atoms with E-state index in [-0.39, 0.29) is 0 Å². The zero-order valence-electron chi connectivity index (χ0n) is 8.88. The molecule has 0 N–H and O–H groups in total. The number of aryl methyl sites for hydroxylation is 2. The second-order valence-corrected chi connectivity index (χ2v) is 3.31. The smallest absolute Gasteiger partial charge is 0.0856 e. The van der Waals surface area contributed by atoms with E-state index in [1.54, 1.807) is 0 Å². The minimum absolute atomic E-state index is 0.999. The first-order valence-corrected chi connectivity index (χ1v) is 5.24. The molecule has 0 amide bonds. The van der Waals surface area contributed by atoms with Crippen molar-refractivity contribution in [3.63, 3.8) is 0 Å². The Morgan fingerprint density at radius 1 is 1.15 bits per heavy atom. The van der Waals surface area contributed by atoms with Gasteiger partial charge in [-0.1, -0.05) is 32.4 Å². The van der Waals surface area contributed by atoms with Gasteiger partial charge in [0.25, 0.3) is 0 Å². The van der Waals surface area contributed by atoms with Crippen molar-refractivity contribution in [1.29, 1.82) is 0 Å². The topological polar surface area (TPSA) is 30.7 Å². The van der Waals surface area contributed by atoms with Gasteiger partial charge in [0.2, 0.25) is 0 Å². The van der Waals surface area contributed by atoms with Gasteiger partial charge in [0.15, 0.2) is 0 Å². The first-order chi connectivity index (χ1) is 6.33. The van der Waals surface area contributed by atoms with Gasteiger partial charge in [0.1, 0.15) is 0 Å². The number of nitrogens with zero attached hydrogens (tertiary/aromatic N) is 3. The molecule has 0 aliphatic heterocycles. The third kappa shape index (κ3) is 2.29. The lowest BCUT2D eigenvalue weighted by atomic mass is 10.2. The highest BCUT2D eigenvalue weighted by Crippen LogP contribution is 2.09. The first-order valence-electron chi connectivity index (χ1n) is 5.24. The standard InChI is InChI=1S/C10H19N3/c1-4-7-10-9(6-3)11-12-13(10)8-5-2/h4-8H2,1-3H3. The highest BCUT2D eigenvalue weighted by Gasteiger charge is 2.08. The van der Waals surface area contributed by atoms with Crippen LogP contribution in [-0.2, 0) is 19.4 Å². The average Bonchev–Trinajstić information content (AvgIpc) is 2.50. The summed E-state index contributed by atoms with van der Waals surface area (Å²) in [5.41, 5.74) is 2.52. The predicted molar refractivity (Wildman–Crippen MR) is 53.7 cm³/mol. The molecule has 0 atom stereocenters.